The maximum Gasteiger partial charge on any atom is 0.315 e. The predicted molar refractivity (Wildman–Crippen MR) is 84.3 cm³/mol. The van der Waals surface area contributed by atoms with E-state index < -0.39 is 0 Å². The number of urea groups is 1. The molecule has 2 atom stereocenters. The van der Waals surface area contributed by atoms with Crippen LogP contribution in [-0.4, -0.2) is 29.8 Å². The third-order valence-electron chi connectivity index (χ3n) is 4.14. The van der Waals surface area contributed by atoms with Crippen LogP contribution < -0.4 is 10.6 Å². The number of hydrogen-bond donors (Lipinski definition) is 2. The first-order chi connectivity index (χ1) is 10.2. The van der Waals surface area contributed by atoms with Gasteiger partial charge in [-0.25, -0.2) is 9.78 Å². The average molecular weight is 311 g/mol. The van der Waals surface area contributed by atoms with Gasteiger partial charge in [0.15, 0.2) is 0 Å². The topological polar surface area (TPSA) is 63.2 Å². The standard InChI is InChI=1S/C15H25N3O2S/c1-3-11(4-2)14-7-12(5-6-20-14)18-15(19)16-8-13-9-21-10-17-13/h9-12,14H,3-8H2,1-2H3,(H2,16,18,19)/t12-,14+/m1/s1. The van der Waals surface area contributed by atoms with Crippen LogP contribution in [0.15, 0.2) is 10.9 Å². The molecule has 0 radical (unpaired) electrons. The zero-order valence-electron chi connectivity index (χ0n) is 12.8. The minimum absolute atomic E-state index is 0.113. The van der Waals surface area contributed by atoms with E-state index in [0.29, 0.717) is 12.5 Å². The van der Waals surface area contributed by atoms with E-state index >= 15 is 0 Å². The normalized spacial score (nSPS) is 22.2. The Balaban J connectivity index is 1.75. The van der Waals surface area contributed by atoms with E-state index in [1.54, 1.807) is 5.51 Å². The predicted octanol–water partition coefficient (Wildman–Crippen LogP) is 2.93. The van der Waals surface area contributed by atoms with Crippen LogP contribution in [0.25, 0.3) is 0 Å². The van der Waals surface area contributed by atoms with Crippen molar-refractivity contribution in [3.8, 4) is 0 Å². The smallest absolute Gasteiger partial charge is 0.315 e. The van der Waals surface area contributed by atoms with Gasteiger partial charge in [-0.15, -0.1) is 11.3 Å². The minimum atomic E-state index is -0.113. The molecule has 1 aromatic rings. The maximum absolute atomic E-state index is 11.9. The molecular formula is C15H25N3O2S. The zero-order valence-corrected chi connectivity index (χ0v) is 13.6. The summed E-state index contributed by atoms with van der Waals surface area (Å²) >= 11 is 1.54. The number of aromatic nitrogens is 1. The average Bonchev–Trinajstić information content (AvgIpc) is 3.00. The molecule has 2 amide bonds. The van der Waals surface area contributed by atoms with Gasteiger partial charge in [-0.05, 0) is 18.8 Å². The van der Waals surface area contributed by atoms with E-state index in [1.807, 2.05) is 5.38 Å². The van der Waals surface area contributed by atoms with Crippen molar-refractivity contribution in [1.82, 2.24) is 15.6 Å². The Kier molecular flexibility index (Phi) is 6.45. The summed E-state index contributed by atoms with van der Waals surface area (Å²) in [6.45, 7) is 5.62. The molecule has 2 rings (SSSR count). The van der Waals surface area contributed by atoms with Crippen LogP contribution >= 0.6 is 11.3 Å². The summed E-state index contributed by atoms with van der Waals surface area (Å²) in [5, 5.41) is 7.86. The third-order valence-corrected chi connectivity index (χ3v) is 4.77. The van der Waals surface area contributed by atoms with Gasteiger partial charge in [0.1, 0.15) is 0 Å². The summed E-state index contributed by atoms with van der Waals surface area (Å²) in [5.74, 6) is 0.590. The second-order valence-electron chi connectivity index (χ2n) is 5.51. The molecule has 0 saturated carbocycles. The number of rotatable bonds is 6. The summed E-state index contributed by atoms with van der Waals surface area (Å²) in [6, 6.07) is 0.0954. The van der Waals surface area contributed by atoms with Gasteiger partial charge < -0.3 is 15.4 Å². The van der Waals surface area contributed by atoms with Crippen LogP contribution in [0, 0.1) is 5.92 Å². The van der Waals surface area contributed by atoms with Gasteiger partial charge in [-0.1, -0.05) is 26.7 Å². The first-order valence-electron chi connectivity index (χ1n) is 7.75. The van der Waals surface area contributed by atoms with Crippen molar-refractivity contribution in [1.29, 1.82) is 0 Å². The number of ether oxygens (including phenoxy) is 1. The Hall–Kier alpha value is -1.14. The van der Waals surface area contributed by atoms with Gasteiger partial charge in [-0.2, -0.15) is 0 Å². The van der Waals surface area contributed by atoms with Crippen LogP contribution in [0.4, 0.5) is 4.79 Å². The molecular weight excluding hydrogens is 286 g/mol. The maximum atomic E-state index is 11.9. The fourth-order valence-electron chi connectivity index (χ4n) is 2.83. The van der Waals surface area contributed by atoms with Crippen molar-refractivity contribution in [3.63, 3.8) is 0 Å². The van der Waals surface area contributed by atoms with Gasteiger partial charge in [0, 0.05) is 18.0 Å². The van der Waals surface area contributed by atoms with Crippen molar-refractivity contribution in [3.05, 3.63) is 16.6 Å². The number of amides is 2. The number of hydrogen-bond acceptors (Lipinski definition) is 4. The molecule has 21 heavy (non-hydrogen) atoms. The lowest BCUT2D eigenvalue weighted by Gasteiger charge is -2.34. The Morgan fingerprint density at radius 3 is 3.00 bits per heavy atom. The van der Waals surface area contributed by atoms with E-state index in [9.17, 15) is 4.79 Å². The fourth-order valence-corrected chi connectivity index (χ4v) is 3.39. The molecule has 6 heteroatoms. The minimum Gasteiger partial charge on any atom is -0.378 e. The molecule has 1 saturated heterocycles. The van der Waals surface area contributed by atoms with E-state index in [2.05, 4.69) is 29.5 Å². The first kappa shape index (κ1) is 16.2. The lowest BCUT2D eigenvalue weighted by Crippen LogP contribution is -2.47. The zero-order chi connectivity index (χ0) is 15.1. The molecule has 1 aliphatic heterocycles. The van der Waals surface area contributed by atoms with Crippen LogP contribution in [0.2, 0.25) is 0 Å². The van der Waals surface area contributed by atoms with Gasteiger partial charge in [0.25, 0.3) is 0 Å². The highest BCUT2D eigenvalue weighted by Gasteiger charge is 2.28. The Labute approximate surface area is 130 Å². The highest BCUT2D eigenvalue weighted by atomic mass is 32.1. The monoisotopic (exact) mass is 311 g/mol. The molecule has 0 spiro atoms. The largest absolute Gasteiger partial charge is 0.378 e. The highest BCUT2D eigenvalue weighted by molar-refractivity contribution is 7.07. The SMILES string of the molecule is CCC(CC)[C@@H]1C[C@H](NC(=O)NCc2cscn2)CCO1. The molecule has 1 aliphatic rings. The molecule has 0 aromatic carbocycles. The Morgan fingerprint density at radius 2 is 2.33 bits per heavy atom. The summed E-state index contributed by atoms with van der Waals surface area (Å²) in [4.78, 5) is 16.1. The number of carbonyl (C=O) groups is 1. The van der Waals surface area contributed by atoms with E-state index in [4.69, 9.17) is 4.74 Å². The van der Waals surface area contributed by atoms with E-state index in [1.165, 1.54) is 11.3 Å². The Bertz CT molecular complexity index is 421. The Morgan fingerprint density at radius 1 is 1.52 bits per heavy atom. The van der Waals surface area contributed by atoms with E-state index in [0.717, 1.165) is 38.0 Å². The molecule has 118 valence electrons. The van der Waals surface area contributed by atoms with Crippen LogP contribution in [0.5, 0.6) is 0 Å². The van der Waals surface area contributed by atoms with Crippen LogP contribution in [-0.2, 0) is 11.3 Å². The van der Waals surface area contributed by atoms with Crippen molar-refractivity contribution in [2.45, 2.75) is 58.2 Å². The number of thiazole rings is 1. The van der Waals surface area contributed by atoms with Crippen molar-refractivity contribution in [2.75, 3.05) is 6.61 Å². The summed E-state index contributed by atoms with van der Waals surface area (Å²) in [5.41, 5.74) is 2.67. The van der Waals surface area contributed by atoms with Gasteiger partial charge >= 0.3 is 6.03 Å². The highest BCUT2D eigenvalue weighted by Crippen LogP contribution is 2.25. The molecule has 5 nitrogen and oxygen atoms in total. The third kappa shape index (κ3) is 4.97. The van der Waals surface area contributed by atoms with Crippen molar-refractivity contribution >= 4 is 17.4 Å². The van der Waals surface area contributed by atoms with Crippen LogP contribution in [0.1, 0.15) is 45.2 Å². The summed E-state index contributed by atoms with van der Waals surface area (Å²) in [7, 11) is 0. The summed E-state index contributed by atoms with van der Waals surface area (Å²) < 4.78 is 5.87. The number of carbonyl (C=O) groups excluding carboxylic acids is 1. The van der Waals surface area contributed by atoms with E-state index in [-0.39, 0.29) is 18.2 Å². The summed E-state index contributed by atoms with van der Waals surface area (Å²) in [6.07, 6.45) is 4.34. The molecule has 1 fully saturated rings. The molecule has 2 heterocycles. The number of nitrogens with zero attached hydrogens (tertiary/aromatic N) is 1. The lowest BCUT2D eigenvalue weighted by molar-refractivity contribution is -0.0331. The molecule has 0 bridgehead atoms. The van der Waals surface area contributed by atoms with Gasteiger partial charge in [0.05, 0.1) is 23.9 Å². The fraction of sp³-hybridized carbons (Fsp3) is 0.733. The molecule has 0 aliphatic carbocycles. The molecule has 2 N–H and O–H groups in total. The van der Waals surface area contributed by atoms with Gasteiger partial charge in [-0.3, -0.25) is 0 Å². The first-order valence-corrected chi connectivity index (χ1v) is 8.70. The molecule has 0 unspecified atom stereocenters. The van der Waals surface area contributed by atoms with Gasteiger partial charge in [0.2, 0.25) is 0 Å². The second kappa shape index (κ2) is 8.34. The second-order valence-corrected chi connectivity index (χ2v) is 6.23. The lowest BCUT2D eigenvalue weighted by atomic mass is 9.89. The van der Waals surface area contributed by atoms with Crippen molar-refractivity contribution in [2.24, 2.45) is 5.92 Å². The van der Waals surface area contributed by atoms with Crippen molar-refractivity contribution < 1.29 is 9.53 Å². The van der Waals surface area contributed by atoms with Crippen LogP contribution in [0.3, 0.4) is 0 Å². The number of nitrogens with one attached hydrogen (secondary N) is 2. The quantitative estimate of drug-likeness (QED) is 0.849. The molecule has 1 aromatic heterocycles.